The standard InChI is InChI=1S/C15H17N/c1-11(16)15(8-9-15)14-7-6-12-4-2-3-5-13(12)10-14/h2-7,10-11H,8-9,16H2,1H3. The molecule has 1 atom stereocenters. The van der Waals surface area contributed by atoms with Gasteiger partial charge in [-0.15, -0.1) is 0 Å². The second-order valence-corrected chi connectivity index (χ2v) is 5.01. The minimum Gasteiger partial charge on any atom is -0.327 e. The van der Waals surface area contributed by atoms with E-state index in [0.29, 0.717) is 0 Å². The lowest BCUT2D eigenvalue weighted by atomic mass is 9.88. The fourth-order valence-corrected chi connectivity index (χ4v) is 2.64. The maximum absolute atomic E-state index is 6.11. The van der Waals surface area contributed by atoms with Crippen molar-refractivity contribution >= 4 is 10.8 Å². The van der Waals surface area contributed by atoms with E-state index in [0.717, 1.165) is 0 Å². The monoisotopic (exact) mass is 211 g/mol. The molecule has 1 saturated carbocycles. The van der Waals surface area contributed by atoms with Crippen LogP contribution in [0.5, 0.6) is 0 Å². The lowest BCUT2D eigenvalue weighted by molar-refractivity contribution is 0.557. The van der Waals surface area contributed by atoms with Crippen molar-refractivity contribution in [3.8, 4) is 0 Å². The molecule has 1 nitrogen and oxygen atoms in total. The number of benzene rings is 2. The van der Waals surface area contributed by atoms with Crippen LogP contribution in [0.25, 0.3) is 10.8 Å². The first-order chi connectivity index (χ1) is 7.72. The molecule has 0 aliphatic heterocycles. The molecule has 16 heavy (non-hydrogen) atoms. The first kappa shape index (κ1) is 9.86. The van der Waals surface area contributed by atoms with Gasteiger partial charge in [0.1, 0.15) is 0 Å². The van der Waals surface area contributed by atoms with E-state index < -0.39 is 0 Å². The third-order valence-corrected chi connectivity index (χ3v) is 3.98. The zero-order valence-corrected chi connectivity index (χ0v) is 9.61. The fraction of sp³-hybridized carbons (Fsp3) is 0.333. The molecule has 0 radical (unpaired) electrons. The van der Waals surface area contributed by atoms with Crippen molar-refractivity contribution in [1.29, 1.82) is 0 Å². The van der Waals surface area contributed by atoms with Gasteiger partial charge in [-0.3, -0.25) is 0 Å². The van der Waals surface area contributed by atoms with E-state index in [2.05, 4.69) is 49.4 Å². The van der Waals surface area contributed by atoms with E-state index in [1.807, 2.05) is 0 Å². The van der Waals surface area contributed by atoms with E-state index in [1.165, 1.54) is 29.2 Å². The second-order valence-electron chi connectivity index (χ2n) is 5.01. The van der Waals surface area contributed by atoms with Gasteiger partial charge in [0.25, 0.3) is 0 Å². The van der Waals surface area contributed by atoms with Crippen LogP contribution in [0, 0.1) is 0 Å². The fourth-order valence-electron chi connectivity index (χ4n) is 2.64. The Hall–Kier alpha value is -1.34. The van der Waals surface area contributed by atoms with Crippen molar-refractivity contribution < 1.29 is 0 Å². The Morgan fingerprint density at radius 2 is 1.75 bits per heavy atom. The highest BCUT2D eigenvalue weighted by Gasteiger charge is 2.47. The summed E-state index contributed by atoms with van der Waals surface area (Å²) in [5.41, 5.74) is 7.79. The van der Waals surface area contributed by atoms with Crippen molar-refractivity contribution in [2.45, 2.75) is 31.2 Å². The third-order valence-electron chi connectivity index (χ3n) is 3.98. The summed E-state index contributed by atoms with van der Waals surface area (Å²) in [6.45, 7) is 2.13. The van der Waals surface area contributed by atoms with Crippen molar-refractivity contribution in [1.82, 2.24) is 0 Å². The lowest BCUT2D eigenvalue weighted by Crippen LogP contribution is -2.31. The minimum atomic E-state index is 0.258. The summed E-state index contributed by atoms with van der Waals surface area (Å²) in [6.07, 6.45) is 2.48. The topological polar surface area (TPSA) is 26.0 Å². The molecule has 82 valence electrons. The smallest absolute Gasteiger partial charge is 0.0108 e. The molecule has 2 N–H and O–H groups in total. The van der Waals surface area contributed by atoms with Crippen LogP contribution in [-0.4, -0.2) is 6.04 Å². The number of hydrogen-bond donors (Lipinski definition) is 1. The summed E-state index contributed by atoms with van der Waals surface area (Å²) in [7, 11) is 0. The van der Waals surface area contributed by atoms with Gasteiger partial charge in [0.05, 0.1) is 0 Å². The van der Waals surface area contributed by atoms with Gasteiger partial charge in [0.2, 0.25) is 0 Å². The Labute approximate surface area is 96.3 Å². The highest BCUT2D eigenvalue weighted by molar-refractivity contribution is 5.83. The maximum atomic E-state index is 6.11. The molecule has 0 amide bonds. The molecule has 0 spiro atoms. The maximum Gasteiger partial charge on any atom is 0.0108 e. The highest BCUT2D eigenvalue weighted by atomic mass is 14.7. The van der Waals surface area contributed by atoms with E-state index in [1.54, 1.807) is 0 Å². The Morgan fingerprint density at radius 1 is 1.06 bits per heavy atom. The molecule has 0 heterocycles. The van der Waals surface area contributed by atoms with Crippen molar-refractivity contribution in [2.75, 3.05) is 0 Å². The summed E-state index contributed by atoms with van der Waals surface area (Å²) in [5, 5.41) is 2.64. The second kappa shape index (κ2) is 3.33. The van der Waals surface area contributed by atoms with E-state index in [9.17, 15) is 0 Å². The summed E-state index contributed by atoms with van der Waals surface area (Å²) in [6, 6.07) is 15.5. The van der Waals surface area contributed by atoms with Gasteiger partial charge in [-0.05, 0) is 36.1 Å². The Bertz CT molecular complexity index is 524. The van der Waals surface area contributed by atoms with Crippen LogP contribution in [0.15, 0.2) is 42.5 Å². The van der Waals surface area contributed by atoms with Crippen molar-refractivity contribution in [3.05, 3.63) is 48.0 Å². The Morgan fingerprint density at radius 3 is 2.38 bits per heavy atom. The summed E-state index contributed by atoms with van der Waals surface area (Å²) in [5.74, 6) is 0. The van der Waals surface area contributed by atoms with Gasteiger partial charge >= 0.3 is 0 Å². The molecule has 1 aliphatic rings. The molecule has 0 aromatic heterocycles. The number of rotatable bonds is 2. The Kier molecular flexibility index (Phi) is 2.05. The SMILES string of the molecule is CC(N)C1(c2ccc3ccccc3c2)CC1. The predicted molar refractivity (Wildman–Crippen MR) is 68.5 cm³/mol. The van der Waals surface area contributed by atoms with E-state index >= 15 is 0 Å². The predicted octanol–water partition coefficient (Wildman–Crippen LogP) is 3.22. The first-order valence-corrected chi connectivity index (χ1v) is 5.97. The van der Waals surface area contributed by atoms with Gasteiger partial charge in [0, 0.05) is 11.5 Å². The van der Waals surface area contributed by atoms with E-state index in [-0.39, 0.29) is 11.5 Å². The molecule has 1 fully saturated rings. The van der Waals surface area contributed by atoms with Crippen LogP contribution in [0.3, 0.4) is 0 Å². The Balaban J connectivity index is 2.12. The van der Waals surface area contributed by atoms with Crippen molar-refractivity contribution in [3.63, 3.8) is 0 Å². The van der Waals surface area contributed by atoms with Crippen LogP contribution in [0.2, 0.25) is 0 Å². The molecule has 2 aromatic rings. The van der Waals surface area contributed by atoms with Crippen LogP contribution >= 0.6 is 0 Å². The molecule has 2 aromatic carbocycles. The molecule has 1 aliphatic carbocycles. The summed E-state index contributed by atoms with van der Waals surface area (Å²) < 4.78 is 0. The van der Waals surface area contributed by atoms with Gasteiger partial charge in [-0.25, -0.2) is 0 Å². The number of hydrogen-bond acceptors (Lipinski definition) is 1. The van der Waals surface area contributed by atoms with Crippen LogP contribution in [0.4, 0.5) is 0 Å². The molecule has 1 unspecified atom stereocenters. The summed E-state index contributed by atoms with van der Waals surface area (Å²) >= 11 is 0. The van der Waals surface area contributed by atoms with Gasteiger partial charge < -0.3 is 5.73 Å². The molecule has 0 bridgehead atoms. The van der Waals surface area contributed by atoms with Gasteiger partial charge in [0.15, 0.2) is 0 Å². The van der Waals surface area contributed by atoms with Gasteiger partial charge in [-0.1, -0.05) is 42.5 Å². The number of fused-ring (bicyclic) bond motifs is 1. The quantitative estimate of drug-likeness (QED) is 0.811. The molecule has 1 heteroatoms. The molecule has 0 saturated heterocycles. The molecular formula is C15H17N. The van der Waals surface area contributed by atoms with Crippen LogP contribution < -0.4 is 5.73 Å². The third kappa shape index (κ3) is 1.35. The highest BCUT2D eigenvalue weighted by Crippen LogP contribution is 2.50. The van der Waals surface area contributed by atoms with Crippen LogP contribution in [0.1, 0.15) is 25.3 Å². The molecular weight excluding hydrogens is 194 g/mol. The van der Waals surface area contributed by atoms with E-state index in [4.69, 9.17) is 5.73 Å². The largest absolute Gasteiger partial charge is 0.327 e. The molecule has 3 rings (SSSR count). The van der Waals surface area contributed by atoms with Crippen molar-refractivity contribution in [2.24, 2.45) is 5.73 Å². The zero-order chi connectivity index (χ0) is 11.2. The van der Waals surface area contributed by atoms with Gasteiger partial charge in [-0.2, -0.15) is 0 Å². The lowest BCUT2D eigenvalue weighted by Gasteiger charge is -2.20. The zero-order valence-electron chi connectivity index (χ0n) is 9.61. The normalized spacial score (nSPS) is 19.6. The first-order valence-electron chi connectivity index (χ1n) is 5.97. The van der Waals surface area contributed by atoms with Crippen LogP contribution in [-0.2, 0) is 5.41 Å². The summed E-state index contributed by atoms with van der Waals surface area (Å²) in [4.78, 5) is 0. The number of nitrogens with two attached hydrogens (primary N) is 1. The average molecular weight is 211 g/mol. The minimum absolute atomic E-state index is 0.258. The average Bonchev–Trinajstić information content (AvgIpc) is 3.09.